The average Bonchev–Trinajstić information content (AvgIpc) is 2.66. The Morgan fingerprint density at radius 2 is 1.74 bits per heavy atom. The van der Waals surface area contributed by atoms with E-state index < -0.39 is 0 Å². The van der Waals surface area contributed by atoms with Crippen LogP contribution in [-0.2, 0) is 6.54 Å². The first-order valence-electron chi connectivity index (χ1n) is 9.33. The van der Waals surface area contributed by atoms with E-state index >= 15 is 0 Å². The summed E-state index contributed by atoms with van der Waals surface area (Å²) in [5.74, 6) is -0.138. The Kier molecular flexibility index (Phi) is 6.48. The third kappa shape index (κ3) is 5.29. The molecular weight excluding hydrogens is 355 g/mol. The van der Waals surface area contributed by atoms with Gasteiger partial charge in [-0.1, -0.05) is 18.2 Å². The van der Waals surface area contributed by atoms with Crippen molar-refractivity contribution in [3.05, 3.63) is 59.2 Å². The van der Waals surface area contributed by atoms with Crippen LogP contribution in [0, 0.1) is 6.92 Å². The molecule has 27 heavy (non-hydrogen) atoms. The van der Waals surface area contributed by atoms with E-state index in [0.29, 0.717) is 11.3 Å². The third-order valence-electron chi connectivity index (χ3n) is 5.07. The van der Waals surface area contributed by atoms with Gasteiger partial charge in [-0.2, -0.15) is 0 Å². The Balaban J connectivity index is 1.54. The lowest BCUT2D eigenvalue weighted by atomic mass is 10.1. The van der Waals surface area contributed by atoms with E-state index in [9.17, 15) is 4.79 Å². The van der Waals surface area contributed by atoms with Crippen LogP contribution in [0.15, 0.2) is 42.5 Å². The fourth-order valence-electron chi connectivity index (χ4n) is 3.23. The number of amides is 1. The minimum absolute atomic E-state index is 0.0254. The van der Waals surface area contributed by atoms with Crippen molar-refractivity contribution >= 4 is 25.4 Å². The van der Waals surface area contributed by atoms with Crippen LogP contribution >= 0.6 is 8.07 Å². The van der Waals surface area contributed by atoms with Crippen LogP contribution in [0.4, 0.5) is 11.4 Å². The van der Waals surface area contributed by atoms with Crippen molar-refractivity contribution in [2.45, 2.75) is 13.5 Å². The van der Waals surface area contributed by atoms with Crippen molar-refractivity contribution in [2.24, 2.45) is 0 Å². The number of carbonyl (C=O) groups excluding carboxylic acids is 1. The molecule has 2 aromatic carbocycles. The second-order valence-corrected chi connectivity index (χ2v) is 9.56. The number of nitrogen functional groups attached to an aromatic ring is 1. The number of aryl methyl sites for hydroxylation is 1. The monoisotopic (exact) mass is 384 g/mol. The topological polar surface area (TPSA) is 61.6 Å². The van der Waals surface area contributed by atoms with Crippen LogP contribution in [0.25, 0.3) is 0 Å². The molecule has 0 spiro atoms. The van der Waals surface area contributed by atoms with Crippen molar-refractivity contribution in [1.82, 2.24) is 9.57 Å². The zero-order chi connectivity index (χ0) is 19.4. The van der Waals surface area contributed by atoms with E-state index in [-0.39, 0.29) is 14.0 Å². The number of nitrogens with two attached hydrogens (primary N) is 1. The first-order chi connectivity index (χ1) is 12.9. The van der Waals surface area contributed by atoms with E-state index in [0.717, 1.165) is 44.0 Å². The Hall–Kier alpha value is -1.94. The van der Waals surface area contributed by atoms with Gasteiger partial charge in [-0.05, 0) is 63.7 Å². The molecule has 0 saturated carbocycles. The summed E-state index contributed by atoms with van der Waals surface area (Å²) < 4.78 is 2.59. The number of rotatable bonds is 5. The van der Waals surface area contributed by atoms with Gasteiger partial charge >= 0.3 is 0 Å². The highest BCUT2D eigenvalue weighted by Gasteiger charge is 2.18. The normalized spacial score (nSPS) is 15.9. The molecule has 1 aliphatic rings. The van der Waals surface area contributed by atoms with E-state index in [1.165, 1.54) is 5.56 Å². The number of benzene rings is 2. The number of hydrogen-bond acceptors (Lipinski definition) is 4. The molecule has 3 N–H and O–H groups in total. The molecule has 0 unspecified atom stereocenters. The van der Waals surface area contributed by atoms with Gasteiger partial charge in [-0.3, -0.25) is 14.4 Å². The molecular formula is C21H29N4OP. The molecule has 0 aliphatic carbocycles. The second-order valence-electron chi connectivity index (χ2n) is 7.30. The van der Waals surface area contributed by atoms with Crippen molar-refractivity contribution < 1.29 is 4.79 Å². The molecule has 3 rings (SSSR count). The lowest BCUT2D eigenvalue weighted by Gasteiger charge is -2.36. The summed E-state index contributed by atoms with van der Waals surface area (Å²) in [6.07, 6.45) is 0. The smallest absolute Gasteiger partial charge is 0.255 e. The van der Waals surface area contributed by atoms with E-state index in [1.54, 1.807) is 12.1 Å². The molecule has 0 atom stereocenters. The Morgan fingerprint density at radius 1 is 1.07 bits per heavy atom. The second kappa shape index (κ2) is 8.83. The largest absolute Gasteiger partial charge is 0.398 e. The minimum atomic E-state index is -0.138. The maximum absolute atomic E-state index is 12.4. The molecule has 6 heteroatoms. The molecule has 5 nitrogen and oxygen atoms in total. The molecule has 0 bridgehead atoms. The fourth-order valence-corrected chi connectivity index (χ4v) is 4.21. The summed E-state index contributed by atoms with van der Waals surface area (Å²) in [5.41, 5.74) is 10.2. The van der Waals surface area contributed by atoms with Crippen LogP contribution in [0.2, 0.25) is 0 Å². The summed E-state index contributed by atoms with van der Waals surface area (Å²) in [7, 11) is 0.0254. The van der Waals surface area contributed by atoms with Gasteiger partial charge in [0.05, 0.1) is 0 Å². The van der Waals surface area contributed by atoms with Crippen molar-refractivity contribution in [1.29, 1.82) is 0 Å². The molecule has 0 aromatic heterocycles. The quantitative estimate of drug-likeness (QED) is 0.611. The molecule has 1 heterocycles. The van der Waals surface area contributed by atoms with E-state index in [2.05, 4.69) is 40.3 Å². The highest BCUT2D eigenvalue weighted by Crippen LogP contribution is 2.31. The zero-order valence-electron chi connectivity index (χ0n) is 16.4. The lowest BCUT2D eigenvalue weighted by molar-refractivity contribution is 0.102. The highest BCUT2D eigenvalue weighted by molar-refractivity contribution is 7.53. The summed E-state index contributed by atoms with van der Waals surface area (Å²) in [4.78, 5) is 14.9. The number of carbonyl (C=O) groups is 1. The van der Waals surface area contributed by atoms with Crippen LogP contribution in [-0.4, -0.2) is 55.0 Å². The predicted octanol–water partition coefficient (Wildman–Crippen LogP) is 3.60. The van der Waals surface area contributed by atoms with Crippen LogP contribution in [0.1, 0.15) is 21.5 Å². The van der Waals surface area contributed by atoms with E-state index in [1.807, 2.05) is 25.1 Å². The zero-order valence-corrected chi connectivity index (χ0v) is 17.3. The molecule has 1 saturated heterocycles. The summed E-state index contributed by atoms with van der Waals surface area (Å²) in [6.45, 7) is 12.1. The number of nitrogens with zero attached hydrogens (tertiary/aromatic N) is 2. The van der Waals surface area contributed by atoms with Gasteiger partial charge in [-0.25, -0.2) is 0 Å². The van der Waals surface area contributed by atoms with Crippen LogP contribution < -0.4 is 11.1 Å². The van der Waals surface area contributed by atoms with Gasteiger partial charge in [-0.15, -0.1) is 0 Å². The van der Waals surface area contributed by atoms with Gasteiger partial charge in [0.25, 0.3) is 5.91 Å². The van der Waals surface area contributed by atoms with Crippen LogP contribution in [0.5, 0.6) is 0 Å². The molecule has 1 amide bonds. The van der Waals surface area contributed by atoms with Gasteiger partial charge in [0, 0.05) is 49.7 Å². The number of hydrogen-bond donors (Lipinski definition) is 2. The van der Waals surface area contributed by atoms with Crippen molar-refractivity contribution in [2.75, 3.05) is 50.6 Å². The van der Waals surface area contributed by atoms with E-state index in [4.69, 9.17) is 5.73 Å². The Bertz CT molecular complexity index is 783. The minimum Gasteiger partial charge on any atom is -0.398 e. The molecule has 1 aliphatic heterocycles. The number of piperazine rings is 1. The molecule has 144 valence electrons. The average molecular weight is 384 g/mol. The SMILES string of the molecule is Cc1ccc(C(=O)Nc2ccc(CN3CCN(P(C)C)CC3)cc2)cc1N. The fraction of sp³-hybridized carbons (Fsp3) is 0.381. The number of anilines is 2. The first kappa shape index (κ1) is 19.8. The van der Waals surface area contributed by atoms with Gasteiger partial charge in [0.1, 0.15) is 0 Å². The molecule has 2 aromatic rings. The third-order valence-corrected chi connectivity index (χ3v) is 6.61. The molecule has 1 fully saturated rings. The van der Waals surface area contributed by atoms with Gasteiger partial charge < -0.3 is 11.1 Å². The Morgan fingerprint density at radius 3 is 2.33 bits per heavy atom. The van der Waals surface area contributed by atoms with Crippen molar-refractivity contribution in [3.63, 3.8) is 0 Å². The predicted molar refractivity (Wildman–Crippen MR) is 116 cm³/mol. The molecule has 0 radical (unpaired) electrons. The van der Waals surface area contributed by atoms with Gasteiger partial charge in [0.15, 0.2) is 0 Å². The van der Waals surface area contributed by atoms with Crippen LogP contribution in [0.3, 0.4) is 0 Å². The van der Waals surface area contributed by atoms with Crippen molar-refractivity contribution in [3.8, 4) is 0 Å². The first-order valence-corrected chi connectivity index (χ1v) is 11.5. The summed E-state index contributed by atoms with van der Waals surface area (Å²) in [6, 6.07) is 13.5. The maximum atomic E-state index is 12.4. The maximum Gasteiger partial charge on any atom is 0.255 e. The lowest BCUT2D eigenvalue weighted by Crippen LogP contribution is -2.43. The summed E-state index contributed by atoms with van der Waals surface area (Å²) in [5, 5.41) is 2.94. The standard InChI is InChI=1S/C21H29N4OP/c1-16-4-7-18(14-20(16)22)21(26)23-19-8-5-17(6-9-19)15-24-10-12-25(13-11-24)27(2)3/h4-9,14H,10-13,15,22H2,1-3H3,(H,23,26). The summed E-state index contributed by atoms with van der Waals surface area (Å²) >= 11 is 0. The highest BCUT2D eigenvalue weighted by atomic mass is 31.1. The Labute approximate surface area is 163 Å². The van der Waals surface area contributed by atoms with Gasteiger partial charge in [0.2, 0.25) is 0 Å². The number of nitrogens with one attached hydrogen (secondary N) is 1.